The van der Waals surface area contributed by atoms with Gasteiger partial charge < -0.3 is 20.5 Å². The first kappa shape index (κ1) is 17.0. The lowest BCUT2D eigenvalue weighted by atomic mass is 9.90. The Morgan fingerprint density at radius 2 is 1.75 bits per heavy atom. The summed E-state index contributed by atoms with van der Waals surface area (Å²) < 4.78 is 0. The van der Waals surface area contributed by atoms with Gasteiger partial charge in [0.05, 0.1) is 19.1 Å². The number of aromatic nitrogens is 1. The van der Waals surface area contributed by atoms with E-state index < -0.39 is 6.10 Å². The van der Waals surface area contributed by atoms with Crippen LogP contribution in [0, 0.1) is 0 Å². The minimum absolute atomic E-state index is 0.0979. The van der Waals surface area contributed by atoms with Crippen LogP contribution in [0.5, 0.6) is 0 Å². The van der Waals surface area contributed by atoms with Crippen LogP contribution >= 0.6 is 11.6 Å². The minimum atomic E-state index is -0.708. The summed E-state index contributed by atoms with van der Waals surface area (Å²) in [5.74, 6) is 0.0979. The lowest BCUT2D eigenvalue weighted by Crippen LogP contribution is -2.87. The Bertz CT molecular complexity index is 803. The van der Waals surface area contributed by atoms with Crippen molar-refractivity contribution in [1.82, 2.24) is 4.98 Å². The molecule has 0 radical (unpaired) electrons. The molecular formula is C19H22ClN2O2+. The first-order chi connectivity index (χ1) is 11.7. The van der Waals surface area contributed by atoms with E-state index in [1.54, 1.807) is 0 Å². The average Bonchev–Trinajstić information content (AvgIpc) is 3.03. The molecule has 0 aliphatic rings. The summed E-state index contributed by atoms with van der Waals surface area (Å²) in [7, 11) is 0. The summed E-state index contributed by atoms with van der Waals surface area (Å²) in [6.45, 7) is 0.975. The molecule has 2 atom stereocenters. The van der Waals surface area contributed by atoms with Crippen LogP contribution in [0.3, 0.4) is 0 Å². The first-order valence-electron chi connectivity index (χ1n) is 8.11. The fourth-order valence-corrected chi connectivity index (χ4v) is 3.36. The molecule has 0 fully saturated rings. The molecule has 1 aromatic heterocycles. The lowest BCUT2D eigenvalue weighted by molar-refractivity contribution is -0.662. The number of halogens is 1. The van der Waals surface area contributed by atoms with E-state index in [1.165, 1.54) is 10.9 Å². The van der Waals surface area contributed by atoms with Gasteiger partial charge in [-0.15, -0.1) is 0 Å². The number of hydrogen-bond acceptors (Lipinski definition) is 2. The van der Waals surface area contributed by atoms with Gasteiger partial charge in [-0.25, -0.2) is 0 Å². The van der Waals surface area contributed by atoms with Gasteiger partial charge >= 0.3 is 0 Å². The number of nitrogens with two attached hydrogens (primary N) is 1. The molecule has 126 valence electrons. The molecule has 5 heteroatoms. The number of benzene rings is 2. The van der Waals surface area contributed by atoms with Crippen molar-refractivity contribution in [2.75, 3.05) is 19.7 Å². The van der Waals surface area contributed by atoms with Gasteiger partial charge in [-0.05, 0) is 23.3 Å². The first-order valence-corrected chi connectivity index (χ1v) is 8.49. The van der Waals surface area contributed by atoms with Gasteiger partial charge in [0, 0.05) is 22.1 Å². The highest BCUT2D eigenvalue weighted by Crippen LogP contribution is 2.33. The molecule has 0 aliphatic heterocycles. The van der Waals surface area contributed by atoms with Crippen LogP contribution in [-0.4, -0.2) is 41.0 Å². The number of aromatic amines is 1. The number of para-hydroxylation sites is 1. The number of fused-ring (bicyclic) bond motifs is 1. The van der Waals surface area contributed by atoms with E-state index >= 15 is 0 Å². The average molecular weight is 346 g/mol. The van der Waals surface area contributed by atoms with E-state index in [2.05, 4.69) is 17.1 Å². The van der Waals surface area contributed by atoms with Gasteiger partial charge in [0.15, 0.2) is 0 Å². The van der Waals surface area contributed by atoms with E-state index in [9.17, 15) is 5.11 Å². The third-order valence-electron chi connectivity index (χ3n) is 4.33. The molecular weight excluding hydrogens is 324 g/mol. The van der Waals surface area contributed by atoms with Gasteiger partial charge in [-0.2, -0.15) is 0 Å². The second kappa shape index (κ2) is 7.81. The predicted molar refractivity (Wildman–Crippen MR) is 96.3 cm³/mol. The fourth-order valence-electron chi connectivity index (χ4n) is 3.09. The number of H-pyrrole nitrogens is 1. The molecule has 3 rings (SSSR count). The summed E-state index contributed by atoms with van der Waals surface area (Å²) >= 11 is 6.44. The number of aliphatic hydroxyl groups excluding tert-OH is 2. The summed E-state index contributed by atoms with van der Waals surface area (Å²) in [4.78, 5) is 3.32. The highest BCUT2D eigenvalue weighted by Gasteiger charge is 2.22. The van der Waals surface area contributed by atoms with Crippen LogP contribution in [-0.2, 0) is 0 Å². The smallest absolute Gasteiger partial charge is 0.126 e. The van der Waals surface area contributed by atoms with Crippen LogP contribution in [0.25, 0.3) is 10.9 Å². The molecule has 5 N–H and O–H groups in total. The maximum Gasteiger partial charge on any atom is 0.126 e. The maximum absolute atomic E-state index is 9.58. The van der Waals surface area contributed by atoms with Gasteiger partial charge in [0.1, 0.15) is 12.6 Å². The van der Waals surface area contributed by atoms with E-state index in [1.807, 2.05) is 47.9 Å². The molecule has 4 nitrogen and oxygen atoms in total. The molecule has 0 bridgehead atoms. The second-order valence-corrected chi connectivity index (χ2v) is 6.37. The van der Waals surface area contributed by atoms with Crippen molar-refractivity contribution in [3.8, 4) is 0 Å². The molecule has 24 heavy (non-hydrogen) atoms. The lowest BCUT2D eigenvalue weighted by Gasteiger charge is -2.18. The third-order valence-corrected chi connectivity index (χ3v) is 4.67. The fraction of sp³-hybridized carbons (Fsp3) is 0.263. The summed E-state index contributed by atoms with van der Waals surface area (Å²) in [6, 6.07) is 16.1. The zero-order chi connectivity index (χ0) is 16.9. The SMILES string of the molecule is OC[C@H](O)C[NH2+]C[C@@H](c1ccccc1Cl)c1c[nH]c2ccccc12. The molecule has 1 heterocycles. The van der Waals surface area contributed by atoms with E-state index in [-0.39, 0.29) is 12.5 Å². The zero-order valence-electron chi connectivity index (χ0n) is 13.3. The van der Waals surface area contributed by atoms with Gasteiger partial charge in [-0.1, -0.05) is 48.0 Å². The Hall–Kier alpha value is -1.85. The highest BCUT2D eigenvalue weighted by atomic mass is 35.5. The van der Waals surface area contributed by atoms with E-state index in [0.717, 1.165) is 22.6 Å². The maximum atomic E-state index is 9.58. The number of aliphatic hydroxyl groups is 2. The zero-order valence-corrected chi connectivity index (χ0v) is 14.1. The van der Waals surface area contributed by atoms with Crippen LogP contribution in [0.1, 0.15) is 17.0 Å². The van der Waals surface area contributed by atoms with E-state index in [0.29, 0.717) is 6.54 Å². The third kappa shape index (κ3) is 3.62. The molecule has 0 amide bonds. The van der Waals surface area contributed by atoms with Crippen molar-refractivity contribution in [1.29, 1.82) is 0 Å². The number of rotatable bonds is 7. The molecule has 0 aliphatic carbocycles. The van der Waals surface area contributed by atoms with Crippen LogP contribution in [0.4, 0.5) is 0 Å². The number of quaternary nitrogens is 1. The normalized spacial score (nSPS) is 14.0. The van der Waals surface area contributed by atoms with Crippen LogP contribution in [0.2, 0.25) is 5.02 Å². The van der Waals surface area contributed by atoms with Crippen molar-refractivity contribution >= 4 is 22.5 Å². The Kier molecular flexibility index (Phi) is 5.53. The van der Waals surface area contributed by atoms with Crippen molar-refractivity contribution in [3.05, 3.63) is 70.9 Å². The Morgan fingerprint density at radius 3 is 2.54 bits per heavy atom. The topological polar surface area (TPSA) is 72.9 Å². The number of hydrogen-bond donors (Lipinski definition) is 4. The second-order valence-electron chi connectivity index (χ2n) is 5.96. The van der Waals surface area contributed by atoms with Gasteiger partial charge in [0.2, 0.25) is 0 Å². The summed E-state index contributed by atoms with van der Waals surface area (Å²) in [6.07, 6.45) is 1.33. The highest BCUT2D eigenvalue weighted by molar-refractivity contribution is 6.31. The molecule has 0 saturated heterocycles. The summed E-state index contributed by atoms with van der Waals surface area (Å²) in [5, 5.41) is 22.5. The van der Waals surface area contributed by atoms with Crippen LogP contribution < -0.4 is 5.32 Å². The quantitative estimate of drug-likeness (QED) is 0.528. The molecule has 3 aromatic rings. The van der Waals surface area contributed by atoms with E-state index in [4.69, 9.17) is 16.7 Å². The molecule has 0 spiro atoms. The summed E-state index contributed by atoms with van der Waals surface area (Å²) in [5.41, 5.74) is 3.35. The largest absolute Gasteiger partial charge is 0.393 e. The standard InChI is InChI=1S/C19H21ClN2O2/c20-18-7-3-1-5-14(18)16(10-21-9-13(24)12-23)17-11-22-19-8-4-2-6-15(17)19/h1-8,11,13,16,21-24H,9-10,12H2/p+1/t13-,16+/m1/s1. The Morgan fingerprint density at radius 1 is 1.00 bits per heavy atom. The van der Waals surface area contributed by atoms with Gasteiger partial charge in [-0.3, -0.25) is 0 Å². The molecule has 0 saturated carbocycles. The Labute approximate surface area is 146 Å². The van der Waals surface area contributed by atoms with Crippen LogP contribution in [0.15, 0.2) is 54.7 Å². The van der Waals surface area contributed by atoms with Crippen molar-refractivity contribution in [2.45, 2.75) is 12.0 Å². The van der Waals surface area contributed by atoms with Crippen molar-refractivity contribution in [2.24, 2.45) is 0 Å². The Balaban J connectivity index is 1.94. The van der Waals surface area contributed by atoms with Crippen molar-refractivity contribution in [3.63, 3.8) is 0 Å². The number of nitrogens with one attached hydrogen (secondary N) is 1. The van der Waals surface area contributed by atoms with Crippen molar-refractivity contribution < 1.29 is 15.5 Å². The molecule has 2 aromatic carbocycles. The van der Waals surface area contributed by atoms with Gasteiger partial charge in [0.25, 0.3) is 0 Å². The minimum Gasteiger partial charge on any atom is -0.393 e. The predicted octanol–water partition coefficient (Wildman–Crippen LogP) is 1.87. The molecule has 0 unspecified atom stereocenters. The monoisotopic (exact) mass is 345 g/mol.